The summed E-state index contributed by atoms with van der Waals surface area (Å²) in [5.41, 5.74) is 1.03. The average Bonchev–Trinajstić information content (AvgIpc) is 3.03. The van der Waals surface area contributed by atoms with Gasteiger partial charge in [-0.1, -0.05) is 0 Å². The number of esters is 1. The molecular weight excluding hydrogens is 237 g/mol. The van der Waals surface area contributed by atoms with Crippen molar-refractivity contribution in [3.05, 3.63) is 29.9 Å². The van der Waals surface area contributed by atoms with Crippen LogP contribution in [0.2, 0.25) is 0 Å². The Bertz CT molecular complexity index is 607. The number of rotatable bonds is 3. The van der Waals surface area contributed by atoms with Gasteiger partial charge in [0, 0.05) is 12.0 Å². The smallest absolute Gasteiger partial charge is 0.309 e. The standard InChI is InChI=1S/C13H12FNO3/c1-2-17-13(16)9-6-8(9)12-15-10-5-7(14)3-4-11(10)18-12/h3-5,8-9H,2,6H2,1H3/t8-,9-/m0/s1. The lowest BCUT2D eigenvalue weighted by molar-refractivity contribution is -0.144. The number of aromatic nitrogens is 1. The van der Waals surface area contributed by atoms with Crippen LogP contribution >= 0.6 is 0 Å². The maximum absolute atomic E-state index is 13.0. The van der Waals surface area contributed by atoms with Gasteiger partial charge in [-0.2, -0.15) is 0 Å². The van der Waals surface area contributed by atoms with Crippen LogP contribution in [0.25, 0.3) is 11.1 Å². The SMILES string of the molecule is CCOC(=O)[C@H]1C[C@@H]1c1nc2cc(F)ccc2o1. The molecule has 2 aromatic rings. The zero-order valence-electron chi connectivity index (χ0n) is 9.85. The molecular formula is C13H12FNO3. The van der Waals surface area contributed by atoms with Gasteiger partial charge in [0.15, 0.2) is 11.5 Å². The van der Waals surface area contributed by atoms with Crippen LogP contribution in [0.4, 0.5) is 4.39 Å². The van der Waals surface area contributed by atoms with Crippen LogP contribution in [-0.4, -0.2) is 17.6 Å². The van der Waals surface area contributed by atoms with E-state index in [4.69, 9.17) is 9.15 Å². The Morgan fingerprint density at radius 2 is 2.44 bits per heavy atom. The van der Waals surface area contributed by atoms with Gasteiger partial charge in [0.25, 0.3) is 0 Å². The van der Waals surface area contributed by atoms with E-state index in [2.05, 4.69) is 4.98 Å². The van der Waals surface area contributed by atoms with Crippen molar-refractivity contribution in [3.8, 4) is 0 Å². The van der Waals surface area contributed by atoms with E-state index in [0.29, 0.717) is 30.0 Å². The number of hydrogen-bond acceptors (Lipinski definition) is 4. The normalized spacial score (nSPS) is 22.1. The summed E-state index contributed by atoms with van der Waals surface area (Å²) in [5.74, 6) is -0.257. The number of benzene rings is 1. The van der Waals surface area contributed by atoms with Crippen molar-refractivity contribution in [2.75, 3.05) is 6.61 Å². The second-order valence-corrected chi connectivity index (χ2v) is 4.36. The third-order valence-electron chi connectivity index (χ3n) is 3.06. The number of carbonyl (C=O) groups is 1. The van der Waals surface area contributed by atoms with Gasteiger partial charge in [0.1, 0.15) is 11.3 Å². The van der Waals surface area contributed by atoms with Crippen molar-refractivity contribution in [3.63, 3.8) is 0 Å². The van der Waals surface area contributed by atoms with Crippen LogP contribution in [0, 0.1) is 11.7 Å². The first-order valence-corrected chi connectivity index (χ1v) is 5.91. The van der Waals surface area contributed by atoms with E-state index in [1.54, 1.807) is 13.0 Å². The first-order chi connectivity index (χ1) is 8.69. The van der Waals surface area contributed by atoms with Crippen molar-refractivity contribution >= 4 is 17.1 Å². The largest absolute Gasteiger partial charge is 0.466 e. The lowest BCUT2D eigenvalue weighted by Crippen LogP contribution is -2.07. The highest BCUT2D eigenvalue weighted by Crippen LogP contribution is 2.48. The van der Waals surface area contributed by atoms with Crippen molar-refractivity contribution in [1.82, 2.24) is 4.98 Å². The third kappa shape index (κ3) is 1.85. The van der Waals surface area contributed by atoms with Crippen LogP contribution in [0.15, 0.2) is 22.6 Å². The summed E-state index contributed by atoms with van der Waals surface area (Å²) in [6, 6.07) is 4.19. The zero-order valence-corrected chi connectivity index (χ0v) is 9.85. The third-order valence-corrected chi connectivity index (χ3v) is 3.06. The highest BCUT2D eigenvalue weighted by Gasteiger charge is 2.48. The van der Waals surface area contributed by atoms with Crippen molar-refractivity contribution in [1.29, 1.82) is 0 Å². The van der Waals surface area contributed by atoms with Crippen LogP contribution < -0.4 is 0 Å². The van der Waals surface area contributed by atoms with Gasteiger partial charge in [0.2, 0.25) is 0 Å². The molecule has 2 atom stereocenters. The topological polar surface area (TPSA) is 52.3 Å². The molecule has 0 amide bonds. The summed E-state index contributed by atoms with van der Waals surface area (Å²) in [6.07, 6.45) is 0.689. The molecule has 18 heavy (non-hydrogen) atoms. The van der Waals surface area contributed by atoms with Gasteiger partial charge in [-0.3, -0.25) is 4.79 Å². The molecule has 1 aliphatic carbocycles. The lowest BCUT2D eigenvalue weighted by Gasteiger charge is -1.98. The Morgan fingerprint density at radius 1 is 1.61 bits per heavy atom. The average molecular weight is 249 g/mol. The van der Waals surface area contributed by atoms with Crippen LogP contribution in [0.1, 0.15) is 25.2 Å². The lowest BCUT2D eigenvalue weighted by atomic mass is 10.3. The molecule has 94 valence electrons. The molecule has 1 aromatic heterocycles. The summed E-state index contributed by atoms with van der Waals surface area (Å²) in [6.45, 7) is 2.15. The Kier molecular flexibility index (Phi) is 2.54. The Labute approximate surface area is 103 Å². The molecule has 3 rings (SSSR count). The van der Waals surface area contributed by atoms with E-state index in [0.717, 1.165) is 0 Å². The van der Waals surface area contributed by atoms with Crippen molar-refractivity contribution in [2.24, 2.45) is 5.92 Å². The maximum Gasteiger partial charge on any atom is 0.309 e. The highest BCUT2D eigenvalue weighted by atomic mass is 19.1. The summed E-state index contributed by atoms with van der Waals surface area (Å²) in [7, 11) is 0. The zero-order chi connectivity index (χ0) is 12.7. The molecule has 0 spiro atoms. The fourth-order valence-electron chi connectivity index (χ4n) is 2.05. The van der Waals surface area contributed by atoms with Crippen molar-refractivity contribution in [2.45, 2.75) is 19.3 Å². The Morgan fingerprint density at radius 3 is 3.22 bits per heavy atom. The molecule has 1 aliphatic rings. The monoisotopic (exact) mass is 249 g/mol. The molecule has 0 bridgehead atoms. The number of nitrogens with zero attached hydrogens (tertiary/aromatic N) is 1. The number of halogens is 1. The van der Waals surface area contributed by atoms with Gasteiger partial charge in [0.05, 0.1) is 12.5 Å². The molecule has 0 aliphatic heterocycles. The highest BCUT2D eigenvalue weighted by molar-refractivity contribution is 5.78. The number of oxazole rings is 1. The summed E-state index contributed by atoms with van der Waals surface area (Å²) in [4.78, 5) is 15.7. The van der Waals surface area contributed by atoms with Gasteiger partial charge in [-0.15, -0.1) is 0 Å². The Balaban J connectivity index is 1.82. The fourth-order valence-corrected chi connectivity index (χ4v) is 2.05. The Hall–Kier alpha value is -1.91. The molecule has 1 saturated carbocycles. The molecule has 0 N–H and O–H groups in total. The number of carbonyl (C=O) groups excluding carboxylic acids is 1. The van der Waals surface area contributed by atoms with Crippen LogP contribution in [0.3, 0.4) is 0 Å². The second kappa shape index (κ2) is 4.08. The molecule has 5 heteroatoms. The van der Waals surface area contributed by atoms with E-state index >= 15 is 0 Å². The second-order valence-electron chi connectivity index (χ2n) is 4.36. The first kappa shape index (κ1) is 11.2. The minimum absolute atomic E-state index is 0.0282. The van der Waals surface area contributed by atoms with E-state index in [1.807, 2.05) is 0 Å². The number of ether oxygens (including phenoxy) is 1. The molecule has 1 fully saturated rings. The van der Waals surface area contributed by atoms with E-state index < -0.39 is 0 Å². The summed E-state index contributed by atoms with van der Waals surface area (Å²) < 4.78 is 23.5. The van der Waals surface area contributed by atoms with E-state index in [-0.39, 0.29) is 23.6 Å². The minimum Gasteiger partial charge on any atom is -0.466 e. The van der Waals surface area contributed by atoms with Gasteiger partial charge >= 0.3 is 5.97 Å². The maximum atomic E-state index is 13.0. The minimum atomic E-state index is -0.347. The number of fused-ring (bicyclic) bond motifs is 1. The molecule has 0 unspecified atom stereocenters. The predicted octanol–water partition coefficient (Wildman–Crippen LogP) is 2.63. The predicted molar refractivity (Wildman–Crippen MR) is 61.4 cm³/mol. The van der Waals surface area contributed by atoms with Gasteiger partial charge < -0.3 is 9.15 Å². The van der Waals surface area contributed by atoms with Gasteiger partial charge in [-0.05, 0) is 25.5 Å². The van der Waals surface area contributed by atoms with Gasteiger partial charge in [-0.25, -0.2) is 9.37 Å². The molecule has 1 aromatic carbocycles. The van der Waals surface area contributed by atoms with Crippen molar-refractivity contribution < 1.29 is 18.3 Å². The molecule has 4 nitrogen and oxygen atoms in total. The van der Waals surface area contributed by atoms with Crippen LogP contribution in [-0.2, 0) is 9.53 Å². The molecule has 0 saturated heterocycles. The van der Waals surface area contributed by atoms with E-state index in [1.165, 1.54) is 12.1 Å². The fraction of sp³-hybridized carbons (Fsp3) is 0.385. The van der Waals surface area contributed by atoms with Crippen LogP contribution in [0.5, 0.6) is 0 Å². The molecule has 0 radical (unpaired) electrons. The quantitative estimate of drug-likeness (QED) is 0.785. The molecule has 1 heterocycles. The number of hydrogen-bond donors (Lipinski definition) is 0. The first-order valence-electron chi connectivity index (χ1n) is 5.91. The summed E-state index contributed by atoms with van der Waals surface area (Å²) >= 11 is 0. The summed E-state index contributed by atoms with van der Waals surface area (Å²) in [5, 5.41) is 0. The van der Waals surface area contributed by atoms with E-state index in [9.17, 15) is 9.18 Å².